The van der Waals surface area contributed by atoms with Crippen LogP contribution in [0, 0.1) is 0 Å². The van der Waals surface area contributed by atoms with Gasteiger partial charge in [0.25, 0.3) is 0 Å². The lowest BCUT2D eigenvalue weighted by Crippen LogP contribution is -2.59. The molecule has 7 heteroatoms. The Labute approximate surface area is 146 Å². The number of hydrogen-bond donors (Lipinski definition) is 2. The van der Waals surface area contributed by atoms with Gasteiger partial charge in [-0.25, -0.2) is 9.59 Å². The van der Waals surface area contributed by atoms with Gasteiger partial charge in [0.1, 0.15) is 6.61 Å². The van der Waals surface area contributed by atoms with Crippen LogP contribution in [-0.4, -0.2) is 53.0 Å². The lowest BCUT2D eigenvalue weighted by molar-refractivity contribution is -0.155. The van der Waals surface area contributed by atoms with Crippen molar-refractivity contribution in [3.8, 4) is 0 Å². The van der Waals surface area contributed by atoms with Crippen LogP contribution < -0.4 is 5.32 Å². The van der Waals surface area contributed by atoms with Gasteiger partial charge in [0.15, 0.2) is 11.3 Å². The fourth-order valence-corrected chi connectivity index (χ4v) is 3.03. The molecule has 0 saturated carbocycles. The zero-order chi connectivity index (χ0) is 18.3. The molecule has 2 rings (SSSR count). The summed E-state index contributed by atoms with van der Waals surface area (Å²) in [7, 11) is 0. The average Bonchev–Trinajstić information content (AvgIpc) is 3.04. The Hall–Kier alpha value is -2.67. The number of hydrogen-bond acceptors (Lipinski definition) is 5. The maximum Gasteiger partial charge on any atom is 0.407 e. The summed E-state index contributed by atoms with van der Waals surface area (Å²) in [4.78, 5) is 37.6. The second kappa shape index (κ2) is 8.43. The summed E-state index contributed by atoms with van der Waals surface area (Å²) >= 11 is 0. The molecule has 1 heterocycles. The molecule has 0 aromatic heterocycles. The van der Waals surface area contributed by atoms with E-state index in [4.69, 9.17) is 4.74 Å². The number of ether oxygens (including phenoxy) is 1. The van der Waals surface area contributed by atoms with Crippen molar-refractivity contribution in [3.63, 3.8) is 0 Å². The summed E-state index contributed by atoms with van der Waals surface area (Å²) < 4.78 is 5.03. The Bertz CT molecular complexity index is 646. The monoisotopic (exact) mass is 346 g/mol. The lowest BCUT2D eigenvalue weighted by Gasteiger charge is -2.32. The summed E-state index contributed by atoms with van der Waals surface area (Å²) in [5.74, 6) is -1.76. The molecular weight excluding hydrogens is 324 g/mol. The van der Waals surface area contributed by atoms with E-state index >= 15 is 0 Å². The van der Waals surface area contributed by atoms with Gasteiger partial charge in [-0.15, -0.1) is 6.58 Å². The van der Waals surface area contributed by atoms with Gasteiger partial charge < -0.3 is 15.2 Å². The molecule has 1 atom stereocenters. The van der Waals surface area contributed by atoms with E-state index < -0.39 is 29.9 Å². The molecule has 1 amide bonds. The number of Topliss-reactive ketones (excluding diaryl/α,β-unsaturated/α-hetero) is 1. The first kappa shape index (κ1) is 18.7. The molecule has 2 N–H and O–H groups in total. The van der Waals surface area contributed by atoms with Gasteiger partial charge in [0, 0.05) is 13.1 Å². The normalized spacial score (nSPS) is 20.0. The smallest absolute Gasteiger partial charge is 0.407 e. The molecule has 0 unspecified atom stereocenters. The van der Waals surface area contributed by atoms with E-state index in [9.17, 15) is 19.5 Å². The Balaban J connectivity index is 1.92. The zero-order valence-corrected chi connectivity index (χ0v) is 13.9. The fourth-order valence-electron chi connectivity index (χ4n) is 3.03. The van der Waals surface area contributed by atoms with Crippen LogP contribution in [0.25, 0.3) is 0 Å². The lowest BCUT2D eigenvalue weighted by atomic mass is 9.90. The van der Waals surface area contributed by atoms with E-state index in [-0.39, 0.29) is 13.0 Å². The molecule has 25 heavy (non-hydrogen) atoms. The molecule has 0 bridgehead atoms. The SMILES string of the molecule is C=CCN1CCC[C@]1(C(=O)O)C(=O)CNC(=O)OCc1ccccc1. The van der Waals surface area contributed by atoms with Crippen molar-refractivity contribution in [2.45, 2.75) is 25.0 Å². The quantitative estimate of drug-likeness (QED) is 0.548. The van der Waals surface area contributed by atoms with Crippen molar-refractivity contribution in [2.24, 2.45) is 0 Å². The van der Waals surface area contributed by atoms with E-state index in [1.807, 2.05) is 30.3 Å². The van der Waals surface area contributed by atoms with Gasteiger partial charge in [-0.05, 0) is 18.4 Å². The van der Waals surface area contributed by atoms with Gasteiger partial charge in [0.05, 0.1) is 6.54 Å². The molecule has 0 aliphatic carbocycles. The second-order valence-electron chi connectivity index (χ2n) is 5.84. The van der Waals surface area contributed by atoms with Gasteiger partial charge in [-0.2, -0.15) is 0 Å². The largest absolute Gasteiger partial charge is 0.480 e. The maximum absolute atomic E-state index is 12.5. The Morgan fingerprint density at radius 3 is 2.68 bits per heavy atom. The van der Waals surface area contributed by atoms with E-state index in [1.165, 1.54) is 0 Å². The molecule has 0 radical (unpaired) electrons. The fraction of sp³-hybridized carbons (Fsp3) is 0.389. The van der Waals surface area contributed by atoms with Gasteiger partial charge in [0.2, 0.25) is 0 Å². The molecule has 1 aromatic rings. The van der Waals surface area contributed by atoms with Crippen molar-refractivity contribution < 1.29 is 24.2 Å². The number of likely N-dealkylation sites (tertiary alicyclic amines) is 1. The van der Waals surface area contributed by atoms with Crippen LogP contribution in [0.4, 0.5) is 4.79 Å². The first-order valence-electron chi connectivity index (χ1n) is 8.08. The van der Waals surface area contributed by atoms with Crippen molar-refractivity contribution >= 4 is 17.8 Å². The topological polar surface area (TPSA) is 95.9 Å². The number of rotatable bonds is 8. The first-order chi connectivity index (χ1) is 12.0. The van der Waals surface area contributed by atoms with Crippen LogP contribution in [0.1, 0.15) is 18.4 Å². The number of carbonyl (C=O) groups excluding carboxylic acids is 2. The number of carbonyl (C=O) groups is 3. The third kappa shape index (κ3) is 4.24. The molecule has 1 fully saturated rings. The molecule has 1 aliphatic heterocycles. The zero-order valence-electron chi connectivity index (χ0n) is 13.9. The summed E-state index contributed by atoms with van der Waals surface area (Å²) in [6, 6.07) is 9.12. The Kier molecular flexibility index (Phi) is 6.30. The standard InChI is InChI=1S/C18H22N2O5/c1-2-10-20-11-6-9-18(20,16(22)23)15(21)12-19-17(24)25-13-14-7-4-3-5-8-14/h2-5,7-8H,1,6,9-13H2,(H,19,24)(H,22,23)/t18-/m1/s1. The minimum atomic E-state index is -1.61. The van der Waals surface area contributed by atoms with Crippen LogP contribution in [-0.2, 0) is 20.9 Å². The van der Waals surface area contributed by atoms with Crippen molar-refractivity contribution in [1.29, 1.82) is 0 Å². The predicted octanol–water partition coefficient (Wildman–Crippen LogP) is 1.59. The van der Waals surface area contributed by atoms with Crippen molar-refractivity contribution in [2.75, 3.05) is 19.6 Å². The number of aliphatic carboxylic acids is 1. The van der Waals surface area contributed by atoms with Gasteiger partial charge in [-0.1, -0.05) is 36.4 Å². The highest BCUT2D eigenvalue weighted by molar-refractivity contribution is 6.09. The van der Waals surface area contributed by atoms with Crippen LogP contribution in [0.2, 0.25) is 0 Å². The summed E-state index contributed by atoms with van der Waals surface area (Å²) in [5, 5.41) is 12.0. The summed E-state index contributed by atoms with van der Waals surface area (Å²) in [6.07, 6.45) is 1.63. The van der Waals surface area contributed by atoms with Gasteiger partial charge >= 0.3 is 12.1 Å². The molecule has 7 nitrogen and oxygen atoms in total. The number of carboxylic acids is 1. The maximum atomic E-state index is 12.5. The first-order valence-corrected chi connectivity index (χ1v) is 8.08. The third-order valence-electron chi connectivity index (χ3n) is 4.28. The summed E-state index contributed by atoms with van der Waals surface area (Å²) in [6.45, 7) is 4.09. The highest BCUT2D eigenvalue weighted by Gasteiger charge is 2.52. The highest BCUT2D eigenvalue weighted by atomic mass is 16.5. The van der Waals surface area contributed by atoms with E-state index in [2.05, 4.69) is 11.9 Å². The number of nitrogens with zero attached hydrogens (tertiary/aromatic N) is 1. The highest BCUT2D eigenvalue weighted by Crippen LogP contribution is 2.30. The van der Waals surface area contributed by atoms with E-state index in [1.54, 1.807) is 11.0 Å². The van der Waals surface area contributed by atoms with E-state index in [0.717, 1.165) is 5.56 Å². The minimum absolute atomic E-state index is 0.0769. The third-order valence-corrected chi connectivity index (χ3v) is 4.28. The predicted molar refractivity (Wildman–Crippen MR) is 91.0 cm³/mol. The molecule has 0 spiro atoms. The number of ketones is 1. The van der Waals surface area contributed by atoms with Crippen molar-refractivity contribution in [1.82, 2.24) is 10.2 Å². The molecule has 1 aliphatic rings. The Morgan fingerprint density at radius 1 is 1.32 bits per heavy atom. The molecule has 1 aromatic carbocycles. The molecule has 1 saturated heterocycles. The number of carboxylic acid groups (broad SMARTS) is 1. The molecular formula is C18H22N2O5. The summed E-state index contributed by atoms with van der Waals surface area (Å²) in [5.41, 5.74) is -0.792. The van der Waals surface area contributed by atoms with Crippen LogP contribution >= 0.6 is 0 Å². The number of amides is 1. The van der Waals surface area contributed by atoms with Crippen LogP contribution in [0.15, 0.2) is 43.0 Å². The minimum Gasteiger partial charge on any atom is -0.480 e. The van der Waals surface area contributed by atoms with Crippen LogP contribution in [0.5, 0.6) is 0 Å². The van der Waals surface area contributed by atoms with Crippen LogP contribution in [0.3, 0.4) is 0 Å². The average molecular weight is 346 g/mol. The molecule has 134 valence electrons. The Morgan fingerprint density at radius 2 is 2.04 bits per heavy atom. The number of alkyl carbamates (subject to hydrolysis) is 1. The number of nitrogens with one attached hydrogen (secondary N) is 1. The second-order valence-corrected chi connectivity index (χ2v) is 5.84. The van der Waals surface area contributed by atoms with E-state index in [0.29, 0.717) is 19.5 Å². The van der Waals surface area contributed by atoms with Crippen molar-refractivity contribution in [3.05, 3.63) is 48.6 Å². The van der Waals surface area contributed by atoms with Gasteiger partial charge in [-0.3, -0.25) is 9.69 Å². The number of benzene rings is 1.